The molecule has 0 spiro atoms. The van der Waals surface area contributed by atoms with Crippen molar-refractivity contribution >= 4 is 0 Å². The number of nitrogens with one attached hydrogen (secondary N) is 2. The van der Waals surface area contributed by atoms with E-state index in [9.17, 15) is 15.3 Å². The molecule has 82 heavy (non-hydrogen) atoms. The quantitative estimate of drug-likeness (QED) is 0.0652. The number of likely N-dealkylation sites (tertiary alicyclic amines) is 6. The molecule has 0 bridgehead atoms. The second kappa shape index (κ2) is 40.2. The second-order valence-electron chi connectivity index (χ2n) is 31.3. The Labute approximate surface area is 512 Å². The summed E-state index contributed by atoms with van der Waals surface area (Å²) in [6, 6.07) is 6.37. The highest BCUT2D eigenvalue weighted by atomic mass is 16.3. The lowest BCUT2D eigenvalue weighted by Gasteiger charge is -2.26. The van der Waals surface area contributed by atoms with Gasteiger partial charge in [0.05, 0.1) is 12.2 Å². The fourth-order valence-corrected chi connectivity index (χ4v) is 13.9. The molecule has 0 radical (unpaired) electrons. The van der Waals surface area contributed by atoms with Gasteiger partial charge in [0.2, 0.25) is 0 Å². The van der Waals surface area contributed by atoms with Crippen molar-refractivity contribution < 1.29 is 15.3 Å². The van der Waals surface area contributed by atoms with E-state index in [-0.39, 0.29) is 18.2 Å². The lowest BCUT2D eigenvalue weighted by Crippen LogP contribution is -2.43. The number of nitrogens with two attached hydrogens (primary N) is 1. The summed E-state index contributed by atoms with van der Waals surface area (Å²) >= 11 is 0. The van der Waals surface area contributed by atoms with E-state index in [2.05, 4.69) is 232 Å². The smallest absolute Gasteiger partial charge is 0.0832 e. The Morgan fingerprint density at radius 2 is 0.695 bits per heavy atom. The number of aliphatic hydroxyl groups is 3. The number of hydrogen-bond acceptors (Lipinski definition) is 13. The van der Waals surface area contributed by atoms with E-state index in [0.717, 1.165) is 93.2 Å². The zero-order valence-corrected chi connectivity index (χ0v) is 59.6. The molecule has 6 rings (SSSR count). The summed E-state index contributed by atoms with van der Waals surface area (Å²) in [6.45, 7) is 67.8. The Bertz CT molecular complexity index is 1450. The molecule has 6 aliphatic heterocycles. The van der Waals surface area contributed by atoms with Gasteiger partial charge in [0.15, 0.2) is 0 Å². The predicted molar refractivity (Wildman–Crippen MR) is 358 cm³/mol. The summed E-state index contributed by atoms with van der Waals surface area (Å²) in [7, 11) is 6.55. The molecule has 492 valence electrons. The summed E-state index contributed by atoms with van der Waals surface area (Å²) in [4.78, 5) is 17.3. The molecule has 6 heterocycles. The van der Waals surface area contributed by atoms with Gasteiger partial charge < -0.3 is 41.5 Å². The molecule has 13 heteroatoms. The number of nitrogens with zero attached hydrogens (tertiary/aromatic N) is 7. The molecular weight excluding hydrogens is 1020 g/mol. The van der Waals surface area contributed by atoms with Crippen LogP contribution in [0.25, 0.3) is 0 Å². The van der Waals surface area contributed by atoms with Gasteiger partial charge in [-0.15, -0.1) is 0 Å². The SMILES string of the molecule is CC(C)C[C@@H]1CN(C(C)C)C[C@@H]1CO.CC(C)C[C@@H]1CN(C(C)C)C[C@@H]1N.CC(C)C[C@@H]1CN(C(C)C)C[C@@H]1N(C)C.CC(C)C[C@@H]1CN(C(C)C)C[C@@H]1O.CC(C)N[C@@H]1CN(C(C)C)C[C@@H]1O.CNC1CN(C(C)C)C[C@H]1CC(C)C. The van der Waals surface area contributed by atoms with E-state index in [1.165, 1.54) is 65.0 Å². The van der Waals surface area contributed by atoms with E-state index in [1.807, 2.05) is 0 Å². The van der Waals surface area contributed by atoms with Crippen molar-refractivity contribution in [1.82, 2.24) is 44.9 Å². The highest BCUT2D eigenvalue weighted by Gasteiger charge is 2.38. The Hall–Kier alpha value is -0.520. The number of aliphatic hydroxyl groups excluding tert-OH is 3. The van der Waals surface area contributed by atoms with E-state index >= 15 is 0 Å². The van der Waals surface area contributed by atoms with Crippen molar-refractivity contribution in [1.29, 1.82) is 0 Å². The molecule has 0 aromatic rings. The average molecular weight is 1170 g/mol. The molecule has 12 atom stereocenters. The fourth-order valence-electron chi connectivity index (χ4n) is 13.9. The lowest BCUT2D eigenvalue weighted by atomic mass is 9.89. The summed E-state index contributed by atoms with van der Waals surface area (Å²) < 4.78 is 0. The molecule has 6 fully saturated rings. The molecular formula is C69H148N10O3. The van der Waals surface area contributed by atoms with Gasteiger partial charge >= 0.3 is 0 Å². The van der Waals surface area contributed by atoms with Crippen LogP contribution in [0, 0.1) is 65.1 Å². The van der Waals surface area contributed by atoms with Gasteiger partial charge in [-0.1, -0.05) is 83.1 Å². The third kappa shape index (κ3) is 30.1. The van der Waals surface area contributed by atoms with Crippen LogP contribution in [0.5, 0.6) is 0 Å². The van der Waals surface area contributed by atoms with Crippen molar-refractivity contribution in [3.8, 4) is 0 Å². The first-order valence-electron chi connectivity index (χ1n) is 34.3. The zero-order chi connectivity index (χ0) is 63.0. The molecule has 6 saturated heterocycles. The van der Waals surface area contributed by atoms with E-state index < -0.39 is 0 Å². The highest BCUT2D eigenvalue weighted by Crippen LogP contribution is 2.31. The standard InChI is InChI=1S/C13H28N2.C12H26N2.C12H25NO.C11H24N2.C11H23NO.C10H22N2O/c1-10(2)7-12-8-15(11(3)4)9-13(12)14(5)6;1-9(2)6-11-7-14(10(3)4)8-12(11)13-5;1-9(2)5-11-6-13(10(3)4)7-12(11)8-14;1-8(2)5-10-6-13(9(3)4)7-11(10)12;1-8(2)5-10-6-12(9(3)4)7-11(10)13;1-7(2)11-9-5-12(8(3)4)6-10(9)13/h10-13H,7-9H2,1-6H3;9-13H,6-8H2,1-5H3;9-12,14H,5-8H2,1-4H3;8-11H,5-7,12H2,1-4H3;8-11,13H,5-7H2,1-4H3;7-11,13H,5-6H2,1-4H3/t12-,13+;11-,12?;11-,12-;2*10-,11+;9-,10+/m111111/s1. The predicted octanol–water partition coefficient (Wildman–Crippen LogP) is 10.1. The van der Waals surface area contributed by atoms with Gasteiger partial charge in [0, 0.05) is 152 Å². The molecule has 13 nitrogen and oxygen atoms in total. The number of likely N-dealkylation sites (N-methyl/N-ethyl adjacent to an activating group) is 2. The second-order valence-corrected chi connectivity index (χ2v) is 31.3. The maximum Gasteiger partial charge on any atom is 0.0832 e. The van der Waals surface area contributed by atoms with Crippen molar-refractivity contribution in [3.63, 3.8) is 0 Å². The number of rotatable bonds is 21. The summed E-state index contributed by atoms with van der Waals surface area (Å²) in [5, 5.41) is 35.7. The topological polar surface area (TPSA) is 133 Å². The Kier molecular flexibility index (Phi) is 39.0. The van der Waals surface area contributed by atoms with Crippen LogP contribution in [0.15, 0.2) is 0 Å². The van der Waals surface area contributed by atoms with Gasteiger partial charge in [-0.2, -0.15) is 0 Å². The van der Waals surface area contributed by atoms with E-state index in [0.29, 0.717) is 84.7 Å². The molecule has 0 aromatic carbocycles. The van der Waals surface area contributed by atoms with Crippen molar-refractivity contribution in [3.05, 3.63) is 0 Å². The fraction of sp³-hybridized carbons (Fsp3) is 1.00. The van der Waals surface area contributed by atoms with Gasteiger partial charge in [-0.25, -0.2) is 0 Å². The molecule has 0 amide bonds. The number of hydrogen-bond donors (Lipinski definition) is 6. The molecule has 0 saturated carbocycles. The minimum Gasteiger partial charge on any atom is -0.396 e. The van der Waals surface area contributed by atoms with Crippen molar-refractivity contribution in [2.24, 2.45) is 70.8 Å². The van der Waals surface area contributed by atoms with Crippen LogP contribution >= 0.6 is 0 Å². The van der Waals surface area contributed by atoms with Crippen molar-refractivity contribution in [2.75, 3.05) is 106 Å². The van der Waals surface area contributed by atoms with E-state index in [4.69, 9.17) is 5.73 Å². The third-order valence-corrected chi connectivity index (χ3v) is 18.8. The lowest BCUT2D eigenvalue weighted by molar-refractivity contribution is 0.129. The first kappa shape index (κ1) is 79.5. The van der Waals surface area contributed by atoms with Crippen LogP contribution < -0.4 is 16.4 Å². The third-order valence-electron chi connectivity index (χ3n) is 18.8. The minimum atomic E-state index is -0.204. The number of β-amino-alcohol motifs (C(OH)–C–C–N with tert-alkyl or cyclic N) is 2. The van der Waals surface area contributed by atoms with Gasteiger partial charge in [0.1, 0.15) is 0 Å². The summed E-state index contributed by atoms with van der Waals surface area (Å²) in [5.41, 5.74) is 6.11. The van der Waals surface area contributed by atoms with Gasteiger partial charge in [-0.3, -0.25) is 24.5 Å². The van der Waals surface area contributed by atoms with E-state index in [1.54, 1.807) is 0 Å². The monoisotopic (exact) mass is 1170 g/mol. The minimum absolute atomic E-state index is 0.0928. The summed E-state index contributed by atoms with van der Waals surface area (Å²) in [5.74, 6) is 8.04. The first-order valence-corrected chi connectivity index (χ1v) is 34.3. The normalized spacial score (nSPS) is 29.9. The maximum atomic E-state index is 9.82. The van der Waals surface area contributed by atoms with Crippen LogP contribution in [0.1, 0.15) is 198 Å². The maximum absolute atomic E-state index is 9.82. The zero-order valence-electron chi connectivity index (χ0n) is 59.6. The molecule has 6 aliphatic rings. The van der Waals surface area contributed by atoms with Gasteiger partial charge in [-0.05, 0) is 201 Å². The van der Waals surface area contributed by atoms with Crippen LogP contribution in [0.4, 0.5) is 0 Å². The van der Waals surface area contributed by atoms with Crippen LogP contribution in [0.3, 0.4) is 0 Å². The molecule has 0 aromatic heterocycles. The largest absolute Gasteiger partial charge is 0.396 e. The Morgan fingerprint density at radius 1 is 0.378 bits per heavy atom. The van der Waals surface area contributed by atoms with Gasteiger partial charge in [0.25, 0.3) is 0 Å². The highest BCUT2D eigenvalue weighted by molar-refractivity contribution is 4.94. The van der Waals surface area contributed by atoms with Crippen LogP contribution in [-0.2, 0) is 0 Å². The Morgan fingerprint density at radius 3 is 1.10 bits per heavy atom. The summed E-state index contributed by atoms with van der Waals surface area (Å²) in [6.07, 6.45) is 6.12. The molecule has 1 unspecified atom stereocenters. The van der Waals surface area contributed by atoms with Crippen LogP contribution in [-0.4, -0.2) is 235 Å². The average Bonchev–Trinajstić information content (AvgIpc) is 4.22. The van der Waals surface area contributed by atoms with Crippen LogP contribution in [0.2, 0.25) is 0 Å². The molecule has 0 aliphatic carbocycles. The Balaban J connectivity index is 0.000000492. The molecule has 7 N–H and O–H groups in total. The van der Waals surface area contributed by atoms with Crippen molar-refractivity contribution in [2.45, 2.75) is 277 Å². The first-order chi connectivity index (χ1) is 38.0.